The summed E-state index contributed by atoms with van der Waals surface area (Å²) < 4.78 is 7.96. The average Bonchev–Trinajstić information content (AvgIpc) is 3.76. The lowest BCUT2D eigenvalue weighted by atomic mass is 9.88. The van der Waals surface area contributed by atoms with Gasteiger partial charge in [-0.15, -0.1) is 0 Å². The van der Waals surface area contributed by atoms with Crippen LogP contribution in [-0.2, 0) is 11.2 Å². The van der Waals surface area contributed by atoms with Crippen molar-refractivity contribution in [2.75, 3.05) is 18.0 Å². The lowest BCUT2D eigenvalue weighted by molar-refractivity contribution is -0.117. The molecule has 9 nitrogen and oxygen atoms in total. The summed E-state index contributed by atoms with van der Waals surface area (Å²) in [6.07, 6.45) is 7.74. The van der Waals surface area contributed by atoms with Gasteiger partial charge in [-0.3, -0.25) is 14.4 Å². The van der Waals surface area contributed by atoms with Gasteiger partial charge in [0.15, 0.2) is 0 Å². The molecule has 2 fully saturated rings. The van der Waals surface area contributed by atoms with E-state index in [0.717, 1.165) is 49.8 Å². The van der Waals surface area contributed by atoms with E-state index in [1.807, 2.05) is 30.3 Å². The fraction of sp³-hybridized carbons (Fsp3) is 0.500. The minimum Gasteiger partial charge on any atom is -0.487 e. The first kappa shape index (κ1) is 33.0. The van der Waals surface area contributed by atoms with Gasteiger partial charge in [0.25, 0.3) is 11.5 Å². The van der Waals surface area contributed by atoms with Gasteiger partial charge < -0.3 is 29.9 Å². The van der Waals surface area contributed by atoms with Crippen molar-refractivity contribution < 1.29 is 19.4 Å². The van der Waals surface area contributed by atoms with E-state index in [0.29, 0.717) is 43.5 Å². The van der Waals surface area contributed by atoms with Gasteiger partial charge in [0, 0.05) is 43.2 Å². The third-order valence-electron chi connectivity index (χ3n) is 9.99. The second-order valence-corrected chi connectivity index (χ2v) is 13.9. The molecule has 9 heteroatoms. The highest BCUT2D eigenvalue weighted by Crippen LogP contribution is 2.40. The molecule has 2 amide bonds. The zero-order valence-electron chi connectivity index (χ0n) is 27.8. The molecule has 2 aliphatic heterocycles. The number of carbonyl (C=O) groups is 2. The van der Waals surface area contributed by atoms with E-state index in [4.69, 9.17) is 4.74 Å². The number of rotatable bonds is 11. The molecule has 250 valence electrons. The lowest BCUT2D eigenvalue weighted by Crippen LogP contribution is -2.44. The number of anilines is 1. The molecule has 3 aliphatic rings. The first-order valence-corrected chi connectivity index (χ1v) is 17.3. The minimum absolute atomic E-state index is 0.00133. The Morgan fingerprint density at radius 2 is 1.83 bits per heavy atom. The van der Waals surface area contributed by atoms with Crippen LogP contribution < -0.4 is 25.8 Å². The first-order valence-electron chi connectivity index (χ1n) is 17.3. The van der Waals surface area contributed by atoms with Crippen LogP contribution in [0.4, 0.5) is 5.69 Å². The number of hydrogen-bond acceptors (Lipinski definition) is 6. The summed E-state index contributed by atoms with van der Waals surface area (Å²) in [6, 6.07) is 16.7. The largest absolute Gasteiger partial charge is 0.487 e. The number of aliphatic hydroxyl groups is 1. The molecule has 3 aromatic rings. The molecule has 47 heavy (non-hydrogen) atoms. The van der Waals surface area contributed by atoms with Crippen LogP contribution in [0, 0.1) is 0 Å². The molecular formula is C38H48N4O5. The van der Waals surface area contributed by atoms with Crippen LogP contribution >= 0.6 is 0 Å². The Hall–Kier alpha value is -3.95. The summed E-state index contributed by atoms with van der Waals surface area (Å²) in [6.45, 7) is 7.34. The number of ether oxygens (including phenoxy) is 1. The van der Waals surface area contributed by atoms with Gasteiger partial charge in [-0.2, -0.15) is 0 Å². The number of hydrogen-bond donors (Lipinski definition) is 3. The first-order chi connectivity index (χ1) is 22.6. The van der Waals surface area contributed by atoms with Crippen LogP contribution in [-0.4, -0.2) is 46.2 Å². The highest BCUT2D eigenvalue weighted by molar-refractivity contribution is 5.98. The number of aryl methyl sites for hydroxylation is 1. The highest BCUT2D eigenvalue weighted by atomic mass is 16.5. The molecule has 0 radical (unpaired) electrons. The van der Waals surface area contributed by atoms with E-state index >= 15 is 0 Å². The third kappa shape index (κ3) is 7.31. The molecular weight excluding hydrogens is 592 g/mol. The van der Waals surface area contributed by atoms with Crippen LogP contribution in [0.3, 0.4) is 0 Å². The molecule has 0 unspecified atom stereocenters. The monoisotopic (exact) mass is 640 g/mol. The Bertz CT molecular complexity index is 1650. The number of fused-ring (bicyclic) bond motifs is 1. The second kappa shape index (κ2) is 14.0. The number of aromatic nitrogens is 1. The Morgan fingerprint density at radius 3 is 2.53 bits per heavy atom. The van der Waals surface area contributed by atoms with Crippen LogP contribution in [0.15, 0.2) is 65.6 Å². The summed E-state index contributed by atoms with van der Waals surface area (Å²) in [5.74, 6) is 0.412. The number of aliphatic hydroxyl groups excluding tert-OH is 1. The van der Waals surface area contributed by atoms with Crippen LogP contribution in [0.1, 0.15) is 117 Å². The molecule has 3 heterocycles. The fourth-order valence-corrected chi connectivity index (χ4v) is 7.42. The van der Waals surface area contributed by atoms with Gasteiger partial charge in [0.1, 0.15) is 17.0 Å². The van der Waals surface area contributed by atoms with Crippen molar-refractivity contribution in [3.63, 3.8) is 0 Å². The molecule has 6 rings (SSSR count). The van der Waals surface area contributed by atoms with Gasteiger partial charge in [-0.1, -0.05) is 62.2 Å². The quantitative estimate of drug-likeness (QED) is 0.246. The van der Waals surface area contributed by atoms with E-state index in [9.17, 15) is 19.5 Å². The van der Waals surface area contributed by atoms with Gasteiger partial charge in [-0.25, -0.2) is 0 Å². The zero-order valence-corrected chi connectivity index (χ0v) is 27.8. The molecule has 1 saturated heterocycles. The number of carbonyl (C=O) groups excluding carboxylic acids is 2. The van der Waals surface area contributed by atoms with Crippen molar-refractivity contribution in [3.8, 4) is 5.75 Å². The fourth-order valence-electron chi connectivity index (χ4n) is 7.42. The van der Waals surface area contributed by atoms with Crippen molar-refractivity contribution >= 4 is 17.5 Å². The maximum absolute atomic E-state index is 14.0. The summed E-state index contributed by atoms with van der Waals surface area (Å²) in [7, 11) is 0. The summed E-state index contributed by atoms with van der Waals surface area (Å²) in [5, 5.41) is 18.4. The predicted molar refractivity (Wildman–Crippen MR) is 183 cm³/mol. The normalized spacial score (nSPS) is 20.5. The zero-order chi connectivity index (χ0) is 33.1. The topological polar surface area (TPSA) is 113 Å². The van der Waals surface area contributed by atoms with E-state index in [-0.39, 0.29) is 40.7 Å². The third-order valence-corrected chi connectivity index (χ3v) is 9.99. The van der Waals surface area contributed by atoms with Gasteiger partial charge >= 0.3 is 0 Å². The molecule has 2 aromatic carbocycles. The molecule has 1 aromatic heterocycles. The van der Waals surface area contributed by atoms with Gasteiger partial charge in [0.2, 0.25) is 5.91 Å². The maximum Gasteiger partial charge on any atom is 0.274 e. The van der Waals surface area contributed by atoms with E-state index in [1.54, 1.807) is 16.8 Å². The Kier molecular flexibility index (Phi) is 9.85. The Morgan fingerprint density at radius 1 is 1.06 bits per heavy atom. The summed E-state index contributed by atoms with van der Waals surface area (Å²) in [4.78, 5) is 41.9. The van der Waals surface area contributed by atoms with Gasteiger partial charge in [-0.05, 0) is 75.8 Å². The van der Waals surface area contributed by atoms with Crippen LogP contribution in [0.2, 0.25) is 0 Å². The van der Waals surface area contributed by atoms with Crippen LogP contribution in [0.5, 0.6) is 5.75 Å². The van der Waals surface area contributed by atoms with E-state index in [2.05, 4.69) is 49.6 Å². The van der Waals surface area contributed by atoms with Crippen molar-refractivity contribution in [1.29, 1.82) is 0 Å². The van der Waals surface area contributed by atoms with Crippen molar-refractivity contribution in [2.45, 2.75) is 108 Å². The Labute approximate surface area is 277 Å². The number of nitrogens with zero attached hydrogens (tertiary/aromatic N) is 2. The Balaban J connectivity index is 1.26. The minimum atomic E-state index is -0.951. The predicted octanol–water partition coefficient (Wildman–Crippen LogP) is 5.77. The van der Waals surface area contributed by atoms with E-state index in [1.165, 1.54) is 10.5 Å². The number of nitrogens with one attached hydrogen (secondary N) is 2. The lowest BCUT2D eigenvalue weighted by Gasteiger charge is -2.38. The highest BCUT2D eigenvalue weighted by Gasteiger charge is 2.34. The number of amides is 2. The van der Waals surface area contributed by atoms with Crippen molar-refractivity contribution in [1.82, 2.24) is 15.2 Å². The number of pyridine rings is 1. The standard InChI is InChI=1S/C38H48N4O5/c1-4-25-16-17-33-29(21-25)31(23-38(2,3)47-33)39-19-18-30(35(44)26-11-6-5-7-12-26)40-36(45)27-22-32(41-20-10-15-34(41)43)37(46)42(24-27)28-13-8-9-14-28/h5-7,11-12,16-17,21-22,24,28,30-31,35,39,44H,4,8-10,13-15,18-20,23H2,1-3H3,(H,40,45)/t30-,31+,35+/m1/s1. The SMILES string of the molecule is CCc1ccc2c(c1)[C@@H](NCC[C@@H](NC(=O)c1cc(N3CCCC3=O)c(=O)n(C3CCCC3)c1)[C@@H](O)c1ccccc1)CC(C)(C)O2. The van der Waals surface area contributed by atoms with E-state index < -0.39 is 12.1 Å². The summed E-state index contributed by atoms with van der Waals surface area (Å²) in [5.41, 5.74) is 3.11. The molecule has 1 aliphatic carbocycles. The average molecular weight is 641 g/mol. The van der Waals surface area contributed by atoms with Crippen LogP contribution in [0.25, 0.3) is 0 Å². The van der Waals surface area contributed by atoms with Crippen molar-refractivity contribution in [2.24, 2.45) is 0 Å². The molecule has 1 saturated carbocycles. The maximum atomic E-state index is 14.0. The van der Waals surface area contributed by atoms with Crippen molar-refractivity contribution in [3.05, 3.63) is 93.4 Å². The molecule has 0 spiro atoms. The number of benzene rings is 2. The molecule has 3 atom stereocenters. The van der Waals surface area contributed by atoms with Gasteiger partial charge in [0.05, 0.1) is 17.7 Å². The molecule has 0 bridgehead atoms. The smallest absolute Gasteiger partial charge is 0.274 e. The summed E-state index contributed by atoms with van der Waals surface area (Å²) >= 11 is 0. The molecule has 3 N–H and O–H groups in total. The second-order valence-electron chi connectivity index (χ2n) is 13.9.